The fourth-order valence-corrected chi connectivity index (χ4v) is 2.99. The number of non-ortho nitro benzene ring substituents is 1. The third kappa shape index (κ3) is 2.71. The molecule has 2 fully saturated rings. The summed E-state index contributed by atoms with van der Waals surface area (Å²) >= 11 is 0. The molecule has 2 aliphatic rings. The van der Waals surface area contributed by atoms with E-state index in [0.29, 0.717) is 5.41 Å². The molecule has 2 saturated carbocycles. The summed E-state index contributed by atoms with van der Waals surface area (Å²) in [7, 11) is 0. The standard InChI is InChI=1S/C15H21N3O2/c1-2-16-12-7-13(9-14(8-12)18(19)20)17-10-15(5-6-15)11-3-4-11/h7-9,11,16-17H,2-6,10H2,1H3. The van der Waals surface area contributed by atoms with Crippen molar-refractivity contribution in [2.45, 2.75) is 32.6 Å². The maximum atomic E-state index is 11.0. The van der Waals surface area contributed by atoms with E-state index in [4.69, 9.17) is 0 Å². The van der Waals surface area contributed by atoms with Gasteiger partial charge < -0.3 is 10.6 Å². The zero-order valence-corrected chi connectivity index (χ0v) is 11.8. The van der Waals surface area contributed by atoms with E-state index in [0.717, 1.165) is 30.4 Å². The predicted molar refractivity (Wildman–Crippen MR) is 80.1 cm³/mol. The Balaban J connectivity index is 1.72. The fourth-order valence-electron chi connectivity index (χ4n) is 2.99. The van der Waals surface area contributed by atoms with Gasteiger partial charge in [0.25, 0.3) is 5.69 Å². The van der Waals surface area contributed by atoms with Gasteiger partial charge in [-0.1, -0.05) is 0 Å². The SMILES string of the molecule is CCNc1cc(NCC2(C3CC3)CC2)cc([N+](=O)[O-])c1. The number of rotatable bonds is 7. The van der Waals surface area contributed by atoms with Crippen molar-refractivity contribution in [3.8, 4) is 0 Å². The molecular formula is C15H21N3O2. The van der Waals surface area contributed by atoms with Crippen LogP contribution in [0.5, 0.6) is 0 Å². The second kappa shape index (κ2) is 4.96. The van der Waals surface area contributed by atoms with Gasteiger partial charge >= 0.3 is 0 Å². The molecule has 0 radical (unpaired) electrons. The summed E-state index contributed by atoms with van der Waals surface area (Å²) in [5.74, 6) is 0.891. The lowest BCUT2D eigenvalue weighted by Crippen LogP contribution is -2.17. The van der Waals surface area contributed by atoms with Gasteiger partial charge in [0.15, 0.2) is 0 Å². The van der Waals surface area contributed by atoms with Gasteiger partial charge in [0.05, 0.1) is 4.92 Å². The normalized spacial score (nSPS) is 19.4. The van der Waals surface area contributed by atoms with E-state index in [1.165, 1.54) is 25.7 Å². The third-order valence-corrected chi connectivity index (χ3v) is 4.49. The Morgan fingerprint density at radius 2 is 1.90 bits per heavy atom. The summed E-state index contributed by atoms with van der Waals surface area (Å²) in [6.07, 6.45) is 5.33. The summed E-state index contributed by atoms with van der Waals surface area (Å²) in [6, 6.07) is 5.17. The first-order valence-electron chi connectivity index (χ1n) is 7.40. The Morgan fingerprint density at radius 1 is 1.25 bits per heavy atom. The van der Waals surface area contributed by atoms with E-state index in [-0.39, 0.29) is 10.6 Å². The molecule has 0 saturated heterocycles. The molecule has 2 N–H and O–H groups in total. The Labute approximate surface area is 118 Å². The first-order valence-corrected chi connectivity index (χ1v) is 7.40. The van der Waals surface area contributed by atoms with Gasteiger partial charge in [-0.3, -0.25) is 10.1 Å². The number of nitro benzene ring substituents is 1. The van der Waals surface area contributed by atoms with Crippen LogP contribution in [0, 0.1) is 21.4 Å². The van der Waals surface area contributed by atoms with Crippen LogP contribution in [0.25, 0.3) is 0 Å². The average Bonchev–Trinajstić information content (AvgIpc) is 3.27. The van der Waals surface area contributed by atoms with Crippen LogP contribution in [-0.4, -0.2) is 18.0 Å². The van der Waals surface area contributed by atoms with Gasteiger partial charge in [-0.25, -0.2) is 0 Å². The Kier molecular flexibility index (Phi) is 3.28. The molecule has 5 heteroatoms. The quantitative estimate of drug-likeness (QED) is 0.589. The molecule has 0 unspecified atom stereocenters. The van der Waals surface area contributed by atoms with Crippen molar-refractivity contribution in [2.24, 2.45) is 11.3 Å². The molecule has 2 aliphatic carbocycles. The van der Waals surface area contributed by atoms with E-state index in [9.17, 15) is 10.1 Å². The molecule has 0 heterocycles. The molecule has 20 heavy (non-hydrogen) atoms. The molecule has 0 bridgehead atoms. The van der Waals surface area contributed by atoms with Crippen LogP contribution in [0.1, 0.15) is 32.6 Å². The topological polar surface area (TPSA) is 67.2 Å². The van der Waals surface area contributed by atoms with E-state index in [1.54, 1.807) is 12.1 Å². The molecule has 3 rings (SSSR count). The highest BCUT2D eigenvalue weighted by Crippen LogP contribution is 2.61. The van der Waals surface area contributed by atoms with Gasteiger partial charge in [0.1, 0.15) is 0 Å². The minimum Gasteiger partial charge on any atom is -0.385 e. The van der Waals surface area contributed by atoms with Crippen molar-refractivity contribution >= 4 is 17.1 Å². The number of hydrogen-bond donors (Lipinski definition) is 2. The van der Waals surface area contributed by atoms with Gasteiger partial charge in [0, 0.05) is 36.6 Å². The van der Waals surface area contributed by atoms with Gasteiger partial charge in [-0.2, -0.15) is 0 Å². The Morgan fingerprint density at radius 3 is 2.40 bits per heavy atom. The van der Waals surface area contributed by atoms with Crippen LogP contribution in [-0.2, 0) is 0 Å². The highest BCUT2D eigenvalue weighted by Gasteiger charge is 2.53. The summed E-state index contributed by atoms with van der Waals surface area (Å²) in [5, 5.41) is 17.6. The number of benzene rings is 1. The summed E-state index contributed by atoms with van der Waals surface area (Å²) < 4.78 is 0. The van der Waals surface area contributed by atoms with Crippen LogP contribution >= 0.6 is 0 Å². The summed E-state index contributed by atoms with van der Waals surface area (Å²) in [4.78, 5) is 10.7. The summed E-state index contributed by atoms with van der Waals surface area (Å²) in [5.41, 5.74) is 2.29. The molecule has 0 aliphatic heterocycles. The zero-order chi connectivity index (χ0) is 14.2. The molecule has 0 aromatic heterocycles. The molecule has 0 amide bonds. The minimum atomic E-state index is -0.334. The lowest BCUT2D eigenvalue weighted by atomic mass is 10.0. The van der Waals surface area contributed by atoms with Gasteiger partial charge in [-0.15, -0.1) is 0 Å². The number of nitrogens with one attached hydrogen (secondary N) is 2. The van der Waals surface area contributed by atoms with Crippen molar-refractivity contribution in [3.63, 3.8) is 0 Å². The third-order valence-electron chi connectivity index (χ3n) is 4.49. The van der Waals surface area contributed by atoms with Gasteiger partial charge in [-0.05, 0) is 50.0 Å². The monoisotopic (exact) mass is 275 g/mol. The van der Waals surface area contributed by atoms with E-state index in [1.807, 2.05) is 13.0 Å². The number of anilines is 2. The van der Waals surface area contributed by atoms with E-state index >= 15 is 0 Å². The minimum absolute atomic E-state index is 0.141. The van der Waals surface area contributed by atoms with Crippen molar-refractivity contribution in [1.29, 1.82) is 0 Å². The maximum absolute atomic E-state index is 11.0. The maximum Gasteiger partial charge on any atom is 0.273 e. The first kappa shape index (κ1) is 13.2. The molecule has 108 valence electrons. The Hall–Kier alpha value is -1.78. The average molecular weight is 275 g/mol. The molecule has 0 atom stereocenters. The Bertz CT molecular complexity index is 522. The second-order valence-corrected chi connectivity index (χ2v) is 6.05. The van der Waals surface area contributed by atoms with E-state index < -0.39 is 0 Å². The van der Waals surface area contributed by atoms with Crippen molar-refractivity contribution in [1.82, 2.24) is 0 Å². The van der Waals surface area contributed by atoms with Gasteiger partial charge in [0.2, 0.25) is 0 Å². The lowest BCUT2D eigenvalue weighted by molar-refractivity contribution is -0.384. The van der Waals surface area contributed by atoms with Crippen LogP contribution in [0.3, 0.4) is 0 Å². The van der Waals surface area contributed by atoms with Crippen LogP contribution < -0.4 is 10.6 Å². The van der Waals surface area contributed by atoms with E-state index in [2.05, 4.69) is 10.6 Å². The fraction of sp³-hybridized carbons (Fsp3) is 0.600. The smallest absolute Gasteiger partial charge is 0.273 e. The lowest BCUT2D eigenvalue weighted by Gasteiger charge is -2.16. The zero-order valence-electron chi connectivity index (χ0n) is 11.8. The van der Waals surface area contributed by atoms with Crippen molar-refractivity contribution in [3.05, 3.63) is 28.3 Å². The van der Waals surface area contributed by atoms with Crippen molar-refractivity contribution < 1.29 is 4.92 Å². The largest absolute Gasteiger partial charge is 0.385 e. The molecule has 1 aromatic rings. The summed E-state index contributed by atoms with van der Waals surface area (Å²) in [6.45, 7) is 3.69. The first-order chi connectivity index (χ1) is 9.63. The predicted octanol–water partition coefficient (Wildman–Crippen LogP) is 3.63. The molecule has 5 nitrogen and oxygen atoms in total. The second-order valence-electron chi connectivity index (χ2n) is 6.05. The number of hydrogen-bond acceptors (Lipinski definition) is 4. The number of nitrogens with zero attached hydrogens (tertiary/aromatic N) is 1. The van der Waals surface area contributed by atoms with Crippen LogP contribution in [0.15, 0.2) is 18.2 Å². The molecular weight excluding hydrogens is 254 g/mol. The van der Waals surface area contributed by atoms with Crippen molar-refractivity contribution in [2.75, 3.05) is 23.7 Å². The van der Waals surface area contributed by atoms with Crippen LogP contribution in [0.2, 0.25) is 0 Å². The highest BCUT2D eigenvalue weighted by molar-refractivity contribution is 5.63. The number of nitro groups is 1. The molecule has 0 spiro atoms. The molecule has 1 aromatic carbocycles. The van der Waals surface area contributed by atoms with Crippen LogP contribution in [0.4, 0.5) is 17.1 Å². The highest BCUT2D eigenvalue weighted by atomic mass is 16.6.